The molecule has 4 rings (SSSR count). The minimum Gasteiger partial charge on any atom is -0.419 e. The SMILES string of the molecule is CC(c1nnc(-c2ccc(F)cc2)o1)N1CCN(Cc2ccccc2F)CC1. The Balaban J connectivity index is 1.36. The van der Waals surface area contributed by atoms with Gasteiger partial charge in [0.1, 0.15) is 11.6 Å². The molecule has 0 radical (unpaired) electrons. The molecule has 1 saturated heterocycles. The van der Waals surface area contributed by atoms with Crippen LogP contribution in [0.1, 0.15) is 24.4 Å². The molecular formula is C21H22F2N4O. The van der Waals surface area contributed by atoms with E-state index in [9.17, 15) is 8.78 Å². The number of halogens is 2. The van der Waals surface area contributed by atoms with Crippen LogP contribution in [0.15, 0.2) is 52.9 Å². The summed E-state index contributed by atoms with van der Waals surface area (Å²) in [5.41, 5.74) is 1.42. The Hall–Kier alpha value is -2.64. The average molecular weight is 384 g/mol. The van der Waals surface area contributed by atoms with Gasteiger partial charge in [-0.15, -0.1) is 10.2 Å². The zero-order valence-electron chi connectivity index (χ0n) is 15.7. The van der Waals surface area contributed by atoms with Gasteiger partial charge < -0.3 is 4.42 Å². The van der Waals surface area contributed by atoms with E-state index in [-0.39, 0.29) is 17.7 Å². The molecule has 0 N–H and O–H groups in total. The molecule has 146 valence electrons. The van der Waals surface area contributed by atoms with E-state index in [1.54, 1.807) is 18.2 Å². The Kier molecular flexibility index (Phi) is 5.45. The van der Waals surface area contributed by atoms with Crippen LogP contribution in [0.3, 0.4) is 0 Å². The number of nitrogens with zero attached hydrogens (tertiary/aromatic N) is 4. The zero-order valence-corrected chi connectivity index (χ0v) is 15.7. The summed E-state index contributed by atoms with van der Waals surface area (Å²) < 4.78 is 32.7. The van der Waals surface area contributed by atoms with Gasteiger partial charge in [-0.1, -0.05) is 18.2 Å². The zero-order chi connectivity index (χ0) is 19.5. The third kappa shape index (κ3) is 4.10. The Morgan fingerprint density at radius 3 is 2.39 bits per heavy atom. The first kappa shape index (κ1) is 18.7. The van der Waals surface area contributed by atoms with Crippen LogP contribution < -0.4 is 0 Å². The molecule has 7 heteroatoms. The average Bonchev–Trinajstić information content (AvgIpc) is 3.20. The van der Waals surface area contributed by atoms with Crippen molar-refractivity contribution < 1.29 is 13.2 Å². The van der Waals surface area contributed by atoms with E-state index in [1.165, 1.54) is 18.2 Å². The highest BCUT2D eigenvalue weighted by atomic mass is 19.1. The lowest BCUT2D eigenvalue weighted by molar-refractivity contribution is 0.0870. The van der Waals surface area contributed by atoms with Crippen molar-refractivity contribution >= 4 is 0 Å². The van der Waals surface area contributed by atoms with Crippen molar-refractivity contribution in [2.45, 2.75) is 19.5 Å². The Bertz CT molecular complexity index is 920. The monoisotopic (exact) mass is 384 g/mol. The Morgan fingerprint density at radius 1 is 0.964 bits per heavy atom. The number of benzene rings is 2. The van der Waals surface area contributed by atoms with Gasteiger partial charge in [-0.3, -0.25) is 9.80 Å². The van der Waals surface area contributed by atoms with Crippen molar-refractivity contribution in [1.82, 2.24) is 20.0 Å². The molecule has 0 saturated carbocycles. The molecule has 2 aromatic carbocycles. The lowest BCUT2D eigenvalue weighted by Crippen LogP contribution is -2.46. The van der Waals surface area contributed by atoms with Crippen LogP contribution in [0, 0.1) is 11.6 Å². The highest BCUT2D eigenvalue weighted by Gasteiger charge is 2.26. The van der Waals surface area contributed by atoms with E-state index >= 15 is 0 Å². The first-order valence-corrected chi connectivity index (χ1v) is 9.39. The predicted molar refractivity (Wildman–Crippen MR) is 101 cm³/mol. The molecule has 0 amide bonds. The minimum absolute atomic E-state index is 0.0164. The lowest BCUT2D eigenvalue weighted by atomic mass is 10.1. The highest BCUT2D eigenvalue weighted by molar-refractivity contribution is 5.51. The molecule has 2 heterocycles. The van der Waals surface area contributed by atoms with E-state index in [2.05, 4.69) is 20.0 Å². The fourth-order valence-electron chi connectivity index (χ4n) is 3.44. The maximum atomic E-state index is 13.8. The fraction of sp³-hybridized carbons (Fsp3) is 0.333. The van der Waals surface area contributed by atoms with Crippen LogP contribution >= 0.6 is 0 Å². The summed E-state index contributed by atoms with van der Waals surface area (Å²) in [6.45, 7) is 6.02. The standard InChI is InChI=1S/C21H22F2N4O/c1-15(20-24-25-21(28-20)16-6-8-18(22)9-7-16)27-12-10-26(11-13-27)14-17-4-2-3-5-19(17)23/h2-9,15H,10-14H2,1H3. The summed E-state index contributed by atoms with van der Waals surface area (Å²) in [5, 5.41) is 8.27. The quantitative estimate of drug-likeness (QED) is 0.668. The summed E-state index contributed by atoms with van der Waals surface area (Å²) in [5.74, 6) is 0.476. The van der Waals surface area contributed by atoms with Crippen molar-refractivity contribution in [3.63, 3.8) is 0 Å². The summed E-state index contributed by atoms with van der Waals surface area (Å²) in [4.78, 5) is 4.53. The van der Waals surface area contributed by atoms with Crippen molar-refractivity contribution in [3.05, 3.63) is 71.6 Å². The molecular weight excluding hydrogens is 362 g/mol. The summed E-state index contributed by atoms with van der Waals surface area (Å²) in [7, 11) is 0. The normalized spacial score (nSPS) is 17.0. The van der Waals surface area contributed by atoms with Crippen LogP contribution in [-0.2, 0) is 6.54 Å². The summed E-state index contributed by atoms with van der Waals surface area (Å²) in [6.07, 6.45) is 0. The molecule has 0 bridgehead atoms. The molecule has 1 aromatic heterocycles. The molecule has 1 fully saturated rings. The van der Waals surface area contributed by atoms with Crippen LogP contribution in [0.25, 0.3) is 11.5 Å². The number of aromatic nitrogens is 2. The third-order valence-electron chi connectivity index (χ3n) is 5.20. The van der Waals surface area contributed by atoms with Crippen LogP contribution in [0.4, 0.5) is 8.78 Å². The van der Waals surface area contributed by atoms with E-state index in [0.29, 0.717) is 23.9 Å². The van der Waals surface area contributed by atoms with E-state index in [4.69, 9.17) is 4.42 Å². The number of hydrogen-bond donors (Lipinski definition) is 0. The van der Waals surface area contributed by atoms with Crippen LogP contribution in [0.2, 0.25) is 0 Å². The molecule has 0 aliphatic carbocycles. The molecule has 1 aliphatic heterocycles. The first-order chi connectivity index (χ1) is 13.6. The Morgan fingerprint density at radius 2 is 1.68 bits per heavy atom. The summed E-state index contributed by atoms with van der Waals surface area (Å²) in [6, 6.07) is 12.9. The molecule has 0 spiro atoms. The molecule has 3 aromatic rings. The third-order valence-corrected chi connectivity index (χ3v) is 5.20. The van der Waals surface area contributed by atoms with Gasteiger partial charge in [0.15, 0.2) is 0 Å². The highest BCUT2D eigenvalue weighted by Crippen LogP contribution is 2.25. The smallest absolute Gasteiger partial charge is 0.247 e. The van der Waals surface area contributed by atoms with Crippen molar-refractivity contribution in [2.75, 3.05) is 26.2 Å². The Labute approximate surface area is 162 Å². The van der Waals surface area contributed by atoms with Crippen molar-refractivity contribution in [3.8, 4) is 11.5 Å². The van der Waals surface area contributed by atoms with Gasteiger partial charge in [0.05, 0.1) is 6.04 Å². The second-order valence-corrected chi connectivity index (χ2v) is 7.03. The number of rotatable bonds is 5. The maximum Gasteiger partial charge on any atom is 0.247 e. The van der Waals surface area contributed by atoms with E-state index < -0.39 is 0 Å². The predicted octanol–water partition coefficient (Wildman–Crippen LogP) is 3.89. The van der Waals surface area contributed by atoms with Crippen molar-refractivity contribution in [2.24, 2.45) is 0 Å². The van der Waals surface area contributed by atoms with Gasteiger partial charge in [0.2, 0.25) is 11.8 Å². The first-order valence-electron chi connectivity index (χ1n) is 9.39. The van der Waals surface area contributed by atoms with Gasteiger partial charge in [-0.25, -0.2) is 8.78 Å². The van der Waals surface area contributed by atoms with Gasteiger partial charge in [0, 0.05) is 43.9 Å². The van der Waals surface area contributed by atoms with Crippen LogP contribution in [-0.4, -0.2) is 46.2 Å². The van der Waals surface area contributed by atoms with Crippen LogP contribution in [0.5, 0.6) is 0 Å². The molecule has 1 atom stereocenters. The number of hydrogen-bond acceptors (Lipinski definition) is 5. The van der Waals surface area contributed by atoms with Gasteiger partial charge in [0.25, 0.3) is 0 Å². The molecule has 1 aliphatic rings. The largest absolute Gasteiger partial charge is 0.419 e. The second-order valence-electron chi connectivity index (χ2n) is 7.03. The van der Waals surface area contributed by atoms with Gasteiger partial charge in [-0.2, -0.15) is 0 Å². The van der Waals surface area contributed by atoms with E-state index in [1.807, 2.05) is 19.1 Å². The maximum absolute atomic E-state index is 13.8. The van der Waals surface area contributed by atoms with E-state index in [0.717, 1.165) is 31.7 Å². The fourth-order valence-corrected chi connectivity index (χ4v) is 3.44. The number of piperazine rings is 1. The van der Waals surface area contributed by atoms with Gasteiger partial charge >= 0.3 is 0 Å². The second kappa shape index (κ2) is 8.16. The minimum atomic E-state index is -0.301. The van der Waals surface area contributed by atoms with Gasteiger partial charge in [-0.05, 0) is 37.3 Å². The topological polar surface area (TPSA) is 45.4 Å². The summed E-state index contributed by atoms with van der Waals surface area (Å²) >= 11 is 0. The van der Waals surface area contributed by atoms with Crippen molar-refractivity contribution in [1.29, 1.82) is 0 Å². The lowest BCUT2D eigenvalue weighted by Gasteiger charge is -2.36. The molecule has 5 nitrogen and oxygen atoms in total. The molecule has 1 unspecified atom stereocenters. The molecule has 28 heavy (non-hydrogen) atoms.